The third-order valence-electron chi connectivity index (χ3n) is 3.04. The van der Waals surface area contributed by atoms with Crippen LogP contribution in [0.5, 0.6) is 5.88 Å². The molecule has 2 aromatic carbocycles. The van der Waals surface area contributed by atoms with Crippen molar-refractivity contribution in [2.75, 3.05) is 0 Å². The maximum absolute atomic E-state index is 10.0. The van der Waals surface area contributed by atoms with Gasteiger partial charge in [0.15, 0.2) is 5.88 Å². The van der Waals surface area contributed by atoms with Crippen LogP contribution in [0.15, 0.2) is 45.9 Å². The molecule has 3 aromatic rings. The fourth-order valence-corrected chi connectivity index (χ4v) is 2.90. The Hall–Kier alpha value is -1.49. The Labute approximate surface area is 139 Å². The molecular weight excluding hydrogens is 375 g/mol. The third kappa shape index (κ3) is 2.79. The zero-order chi connectivity index (χ0) is 15.0. The molecule has 0 radical (unpaired) electrons. The topological polar surface area (TPSA) is 48.4 Å². The van der Waals surface area contributed by atoms with Crippen molar-refractivity contribution in [3.05, 3.63) is 56.5 Å². The molecule has 106 valence electrons. The smallest absolute Gasteiger partial charge is 0.198 e. The summed E-state index contributed by atoms with van der Waals surface area (Å²) < 4.78 is 0.916. The molecule has 0 saturated heterocycles. The number of H-pyrrole nitrogens is 1. The van der Waals surface area contributed by atoms with Crippen LogP contribution in [0.1, 0.15) is 5.56 Å². The van der Waals surface area contributed by atoms with E-state index in [4.69, 9.17) is 23.2 Å². The van der Waals surface area contributed by atoms with Gasteiger partial charge in [0.1, 0.15) is 5.69 Å². The molecule has 21 heavy (non-hydrogen) atoms. The molecule has 0 atom stereocenters. The molecule has 0 bridgehead atoms. The van der Waals surface area contributed by atoms with Crippen molar-refractivity contribution in [3.8, 4) is 5.88 Å². The summed E-state index contributed by atoms with van der Waals surface area (Å²) in [5.74, 6) is 0.0510. The number of hydrogen-bond acceptors (Lipinski definition) is 2. The number of hydrogen-bond donors (Lipinski definition) is 2. The van der Waals surface area contributed by atoms with Crippen LogP contribution in [0.25, 0.3) is 10.9 Å². The highest BCUT2D eigenvalue weighted by molar-refractivity contribution is 9.10. The first kappa shape index (κ1) is 14.4. The maximum atomic E-state index is 10.0. The third-order valence-corrected chi connectivity index (χ3v) is 4.14. The Bertz CT molecular complexity index is 838. The molecule has 0 fully saturated rings. The lowest BCUT2D eigenvalue weighted by atomic mass is 10.2. The molecule has 2 N–H and O–H groups in total. The van der Waals surface area contributed by atoms with Crippen LogP contribution < -0.4 is 0 Å². The Morgan fingerprint density at radius 3 is 2.57 bits per heavy atom. The van der Waals surface area contributed by atoms with Crippen LogP contribution in [0.3, 0.4) is 0 Å². The molecule has 0 aliphatic heterocycles. The quantitative estimate of drug-likeness (QED) is 0.548. The largest absolute Gasteiger partial charge is 0.494 e. The number of aromatic hydroxyl groups is 1. The van der Waals surface area contributed by atoms with Gasteiger partial charge in [0.2, 0.25) is 0 Å². The van der Waals surface area contributed by atoms with Crippen molar-refractivity contribution in [1.82, 2.24) is 4.98 Å². The number of aromatic nitrogens is 1. The van der Waals surface area contributed by atoms with E-state index in [1.54, 1.807) is 24.4 Å². The van der Waals surface area contributed by atoms with Crippen LogP contribution in [0.4, 0.5) is 5.69 Å². The van der Waals surface area contributed by atoms with Gasteiger partial charge < -0.3 is 10.1 Å². The molecule has 0 amide bonds. The summed E-state index contributed by atoms with van der Waals surface area (Å²) in [5.41, 5.74) is 1.88. The second-order valence-corrected chi connectivity index (χ2v) is 6.14. The fourth-order valence-electron chi connectivity index (χ4n) is 2.04. The predicted molar refractivity (Wildman–Crippen MR) is 91.4 cm³/mol. The van der Waals surface area contributed by atoms with Crippen molar-refractivity contribution in [2.24, 2.45) is 4.99 Å². The molecule has 6 heteroatoms. The molecule has 0 aliphatic rings. The van der Waals surface area contributed by atoms with Crippen molar-refractivity contribution in [1.29, 1.82) is 0 Å². The van der Waals surface area contributed by atoms with Crippen LogP contribution in [0, 0.1) is 0 Å². The number of aromatic amines is 1. The Morgan fingerprint density at radius 2 is 1.86 bits per heavy atom. The first-order chi connectivity index (χ1) is 10.1. The second kappa shape index (κ2) is 5.72. The lowest BCUT2D eigenvalue weighted by Crippen LogP contribution is -1.80. The SMILES string of the molecule is Oc1[nH]c2ccc(Br)cc2c1C=Nc1c(Cl)cccc1Cl. The van der Waals surface area contributed by atoms with E-state index in [9.17, 15) is 5.11 Å². The van der Waals surface area contributed by atoms with E-state index in [0.717, 1.165) is 15.4 Å². The summed E-state index contributed by atoms with van der Waals surface area (Å²) >= 11 is 15.6. The number of nitrogens with one attached hydrogen (secondary N) is 1. The molecule has 0 saturated carbocycles. The standard InChI is InChI=1S/C15H9BrCl2N2O/c16-8-4-5-13-9(6-8)10(15(21)20-13)7-19-14-11(17)2-1-3-12(14)18/h1-7,20-21H. The first-order valence-corrected chi connectivity index (χ1v) is 7.59. The van der Waals surface area contributed by atoms with Gasteiger partial charge in [0.25, 0.3) is 0 Å². The van der Waals surface area contributed by atoms with Gasteiger partial charge in [-0.1, -0.05) is 45.2 Å². The van der Waals surface area contributed by atoms with Gasteiger partial charge in [0, 0.05) is 21.6 Å². The van der Waals surface area contributed by atoms with Crippen LogP contribution >= 0.6 is 39.1 Å². The van der Waals surface area contributed by atoms with Crippen molar-refractivity contribution < 1.29 is 5.11 Å². The van der Waals surface area contributed by atoms with Crippen LogP contribution in [-0.4, -0.2) is 16.3 Å². The highest BCUT2D eigenvalue weighted by Gasteiger charge is 2.10. The Kier molecular flexibility index (Phi) is 3.93. The van der Waals surface area contributed by atoms with Crippen molar-refractivity contribution in [3.63, 3.8) is 0 Å². The van der Waals surface area contributed by atoms with E-state index in [1.807, 2.05) is 18.2 Å². The van der Waals surface area contributed by atoms with E-state index in [1.165, 1.54) is 0 Å². The minimum absolute atomic E-state index is 0.0510. The predicted octanol–water partition coefficient (Wildman–Crippen LogP) is 5.69. The van der Waals surface area contributed by atoms with Gasteiger partial charge in [0.05, 0.1) is 15.6 Å². The molecule has 0 spiro atoms. The molecule has 0 unspecified atom stereocenters. The summed E-state index contributed by atoms with van der Waals surface area (Å²) in [4.78, 5) is 7.20. The monoisotopic (exact) mass is 382 g/mol. The van der Waals surface area contributed by atoms with Gasteiger partial charge >= 0.3 is 0 Å². The molecule has 1 aromatic heterocycles. The first-order valence-electron chi connectivity index (χ1n) is 6.04. The Morgan fingerprint density at radius 1 is 1.14 bits per heavy atom. The van der Waals surface area contributed by atoms with Gasteiger partial charge in [-0.2, -0.15) is 0 Å². The lowest BCUT2D eigenvalue weighted by Gasteiger charge is -2.00. The second-order valence-electron chi connectivity index (χ2n) is 4.41. The lowest BCUT2D eigenvalue weighted by molar-refractivity contribution is 0.457. The van der Waals surface area contributed by atoms with Crippen LogP contribution in [-0.2, 0) is 0 Å². The minimum Gasteiger partial charge on any atom is -0.494 e. The number of rotatable bonds is 2. The van der Waals surface area contributed by atoms with E-state index in [0.29, 0.717) is 21.3 Å². The van der Waals surface area contributed by atoms with E-state index in [-0.39, 0.29) is 5.88 Å². The fraction of sp³-hybridized carbons (Fsp3) is 0. The summed E-state index contributed by atoms with van der Waals surface area (Å²) in [5, 5.41) is 11.8. The zero-order valence-corrected chi connectivity index (χ0v) is 13.7. The number of para-hydroxylation sites is 1. The Balaban J connectivity index is 2.11. The van der Waals surface area contributed by atoms with Gasteiger partial charge in [-0.25, -0.2) is 0 Å². The van der Waals surface area contributed by atoms with Gasteiger partial charge in [-0.15, -0.1) is 0 Å². The van der Waals surface area contributed by atoms with Crippen molar-refractivity contribution >= 4 is 61.9 Å². The summed E-state index contributed by atoms with van der Waals surface area (Å²) in [6.07, 6.45) is 1.55. The number of halogens is 3. The molecule has 1 heterocycles. The normalized spacial score (nSPS) is 11.6. The number of fused-ring (bicyclic) bond motifs is 1. The van der Waals surface area contributed by atoms with E-state index < -0.39 is 0 Å². The van der Waals surface area contributed by atoms with Gasteiger partial charge in [-0.05, 0) is 30.3 Å². The average Bonchev–Trinajstić information content (AvgIpc) is 2.74. The summed E-state index contributed by atoms with van der Waals surface area (Å²) in [6.45, 7) is 0. The highest BCUT2D eigenvalue weighted by Crippen LogP contribution is 2.34. The number of benzene rings is 2. The number of aliphatic imine (C=N–C) groups is 1. The molecule has 3 nitrogen and oxygen atoms in total. The van der Waals surface area contributed by atoms with E-state index >= 15 is 0 Å². The minimum atomic E-state index is 0.0510. The highest BCUT2D eigenvalue weighted by atomic mass is 79.9. The molecule has 0 aliphatic carbocycles. The van der Waals surface area contributed by atoms with Crippen LogP contribution in [0.2, 0.25) is 10.0 Å². The molecular formula is C15H9BrCl2N2O. The zero-order valence-electron chi connectivity index (χ0n) is 10.6. The summed E-state index contributed by atoms with van der Waals surface area (Å²) in [6, 6.07) is 10.9. The number of nitrogens with zero attached hydrogens (tertiary/aromatic N) is 1. The van der Waals surface area contributed by atoms with Gasteiger partial charge in [-0.3, -0.25) is 4.99 Å². The van der Waals surface area contributed by atoms with E-state index in [2.05, 4.69) is 25.9 Å². The average molecular weight is 384 g/mol. The maximum Gasteiger partial charge on any atom is 0.198 e. The summed E-state index contributed by atoms with van der Waals surface area (Å²) in [7, 11) is 0. The molecule has 3 rings (SSSR count). The van der Waals surface area contributed by atoms with Crippen molar-refractivity contribution in [2.45, 2.75) is 0 Å².